The van der Waals surface area contributed by atoms with Crippen molar-refractivity contribution < 1.29 is 13.9 Å². The van der Waals surface area contributed by atoms with Crippen molar-refractivity contribution in [3.8, 4) is 0 Å². The van der Waals surface area contributed by atoms with Gasteiger partial charge in [-0.05, 0) is 0 Å². The third-order valence-electron chi connectivity index (χ3n) is 0.960. The second kappa shape index (κ2) is 6.80. The zero-order valence-electron chi connectivity index (χ0n) is 6.46. The minimum absolute atomic E-state index is 0. The first-order valence-electron chi connectivity index (χ1n) is 3.32. The quantitative estimate of drug-likeness (QED) is 0.494. The van der Waals surface area contributed by atoms with Crippen molar-refractivity contribution in [2.24, 2.45) is 0 Å². The zero-order valence-corrected chi connectivity index (χ0v) is 7.46. The summed E-state index contributed by atoms with van der Waals surface area (Å²) in [6.45, 7) is 7.95. The second-order valence-electron chi connectivity index (χ2n) is 1.70. The molecule has 0 aliphatic carbocycles. The Morgan fingerprint density at radius 3 is 1.91 bits per heavy atom. The van der Waals surface area contributed by atoms with E-state index in [9.17, 15) is 4.89 Å². The fraction of sp³-hybridized carbons (Fsp3) is 0.667. The van der Waals surface area contributed by atoms with Gasteiger partial charge in [-0.3, -0.25) is 0 Å². The van der Waals surface area contributed by atoms with E-state index in [0.717, 1.165) is 0 Å². The summed E-state index contributed by atoms with van der Waals surface area (Å²) in [6, 6.07) is 0. The Labute approximate surface area is 70.6 Å². The van der Waals surface area contributed by atoms with E-state index < -0.39 is 7.94 Å². The molecule has 0 heterocycles. The van der Waals surface area contributed by atoms with Crippen LogP contribution in [0.4, 0.5) is 0 Å². The Morgan fingerprint density at radius 2 is 1.73 bits per heavy atom. The summed E-state index contributed by atoms with van der Waals surface area (Å²) in [6.07, 6.45) is 0. The van der Waals surface area contributed by atoms with Crippen LogP contribution in [0.25, 0.3) is 0 Å². The molecule has 0 saturated carbocycles. The average Bonchev–Trinajstić information content (AvgIpc) is 1.89. The van der Waals surface area contributed by atoms with Crippen molar-refractivity contribution in [3.05, 3.63) is 12.4 Å². The molecule has 0 aromatic carbocycles. The second-order valence-corrected chi connectivity index (χ2v) is 3.95. The molecule has 1 N–H and O–H groups in total. The first-order chi connectivity index (χ1) is 4.68. The van der Waals surface area contributed by atoms with E-state index in [1.807, 2.05) is 0 Å². The van der Waals surface area contributed by atoms with Crippen LogP contribution in [0.5, 0.6) is 0 Å². The average molecular weight is 180 g/mol. The predicted octanol–water partition coefficient (Wildman–Crippen LogP) is 0.506. The Balaban J connectivity index is 0. The van der Waals surface area contributed by atoms with Crippen LogP contribution < -0.4 is 0 Å². The van der Waals surface area contributed by atoms with Crippen LogP contribution in [-0.2, 0) is 9.05 Å². The molecule has 0 saturated heterocycles. The summed E-state index contributed by atoms with van der Waals surface area (Å²) in [4.78, 5) is 9.40. The summed E-state index contributed by atoms with van der Waals surface area (Å²) in [5.41, 5.74) is 0. The molecule has 5 heteroatoms. The zero-order chi connectivity index (χ0) is 8.04. The standard InChI is InChI=1S/C6H15O3P.BH3/c1-4-8-10(7,6-3)9-5-2;/h6-7,10H,3-5H2,1-2H3;1H3. The number of rotatable bonds is 5. The molecule has 0 spiro atoms. The Bertz CT molecular complexity index is 104. The van der Waals surface area contributed by atoms with Crippen LogP contribution in [0.2, 0.25) is 0 Å². The normalized spacial score (nSPS) is 11.9. The van der Waals surface area contributed by atoms with Crippen molar-refractivity contribution in [1.29, 1.82) is 0 Å². The maximum atomic E-state index is 9.40. The molecular formula is C6H18BO3P. The van der Waals surface area contributed by atoms with E-state index in [-0.39, 0.29) is 8.41 Å². The van der Waals surface area contributed by atoms with Gasteiger partial charge in [-0.25, -0.2) is 0 Å². The summed E-state index contributed by atoms with van der Waals surface area (Å²) < 4.78 is 9.95. The molecular weight excluding hydrogens is 162 g/mol. The van der Waals surface area contributed by atoms with Gasteiger partial charge in [0.1, 0.15) is 0 Å². The number of hydrogen-bond donors (Lipinski definition) is 1. The fourth-order valence-electron chi connectivity index (χ4n) is 0.573. The topological polar surface area (TPSA) is 38.7 Å². The van der Waals surface area contributed by atoms with E-state index in [1.165, 1.54) is 5.82 Å². The van der Waals surface area contributed by atoms with Gasteiger partial charge in [0.25, 0.3) is 0 Å². The first kappa shape index (κ1) is 13.7. The molecule has 11 heavy (non-hydrogen) atoms. The van der Waals surface area contributed by atoms with Gasteiger partial charge in [0.15, 0.2) is 0 Å². The van der Waals surface area contributed by atoms with Gasteiger partial charge in [0.05, 0.1) is 8.41 Å². The monoisotopic (exact) mass is 180 g/mol. The van der Waals surface area contributed by atoms with Crippen LogP contribution >= 0.6 is 7.94 Å². The summed E-state index contributed by atoms with van der Waals surface area (Å²) >= 11 is 0. The minimum atomic E-state index is -2.96. The van der Waals surface area contributed by atoms with E-state index in [4.69, 9.17) is 9.05 Å². The van der Waals surface area contributed by atoms with Crippen molar-refractivity contribution in [2.45, 2.75) is 13.8 Å². The van der Waals surface area contributed by atoms with E-state index >= 15 is 0 Å². The van der Waals surface area contributed by atoms with Crippen LogP contribution in [-0.4, -0.2) is 26.5 Å². The molecule has 0 rings (SSSR count). The van der Waals surface area contributed by atoms with Gasteiger partial charge in [0.2, 0.25) is 0 Å². The van der Waals surface area contributed by atoms with Crippen LogP contribution in [0.3, 0.4) is 0 Å². The Hall–Kier alpha value is 0.115. The summed E-state index contributed by atoms with van der Waals surface area (Å²) in [5, 5.41) is 0. The molecule has 0 fully saturated rings. The van der Waals surface area contributed by atoms with Crippen molar-refractivity contribution in [3.63, 3.8) is 0 Å². The van der Waals surface area contributed by atoms with Crippen molar-refractivity contribution in [2.75, 3.05) is 13.2 Å². The molecule has 0 aliphatic rings. The molecule has 0 amide bonds. The van der Waals surface area contributed by atoms with Crippen molar-refractivity contribution >= 4 is 16.4 Å². The molecule has 0 atom stereocenters. The van der Waals surface area contributed by atoms with Crippen LogP contribution in [0, 0.1) is 0 Å². The van der Waals surface area contributed by atoms with Gasteiger partial charge in [-0.1, -0.05) is 0 Å². The maximum absolute atomic E-state index is 9.40. The fourth-order valence-corrected chi connectivity index (χ4v) is 1.72. The van der Waals surface area contributed by atoms with Crippen LogP contribution in [0.1, 0.15) is 13.8 Å². The third-order valence-corrected chi connectivity index (χ3v) is 2.88. The van der Waals surface area contributed by atoms with E-state index in [1.54, 1.807) is 13.8 Å². The Morgan fingerprint density at radius 1 is 1.36 bits per heavy atom. The summed E-state index contributed by atoms with van der Waals surface area (Å²) in [5.74, 6) is 1.36. The van der Waals surface area contributed by atoms with Gasteiger partial charge in [-0.15, -0.1) is 0 Å². The van der Waals surface area contributed by atoms with Gasteiger partial charge in [-0.2, -0.15) is 0 Å². The Kier molecular flexibility index (Phi) is 8.46. The molecule has 3 nitrogen and oxygen atoms in total. The number of hydrogen-bond acceptors (Lipinski definition) is 3. The van der Waals surface area contributed by atoms with Gasteiger partial charge >= 0.3 is 61.3 Å². The molecule has 0 unspecified atom stereocenters. The van der Waals surface area contributed by atoms with Crippen molar-refractivity contribution in [1.82, 2.24) is 0 Å². The molecule has 0 aromatic rings. The summed E-state index contributed by atoms with van der Waals surface area (Å²) in [7, 11) is -2.96. The predicted molar refractivity (Wildman–Crippen MR) is 53.9 cm³/mol. The first-order valence-corrected chi connectivity index (χ1v) is 5.16. The molecule has 0 aliphatic heterocycles. The third kappa shape index (κ3) is 5.39. The van der Waals surface area contributed by atoms with Crippen LogP contribution in [0.15, 0.2) is 12.4 Å². The van der Waals surface area contributed by atoms with Gasteiger partial charge in [0, 0.05) is 0 Å². The van der Waals surface area contributed by atoms with Gasteiger partial charge < -0.3 is 0 Å². The molecule has 0 radical (unpaired) electrons. The molecule has 0 aromatic heterocycles. The molecule has 68 valence electrons. The van der Waals surface area contributed by atoms with E-state index in [2.05, 4.69) is 6.58 Å². The van der Waals surface area contributed by atoms with E-state index in [0.29, 0.717) is 13.2 Å². The SMILES string of the molecule is B.C=C[PH](O)(OCC)OCC. The molecule has 0 bridgehead atoms.